The molecule has 3 N–H and O–H groups in total. The van der Waals surface area contributed by atoms with Crippen molar-refractivity contribution in [2.24, 2.45) is 0 Å². The maximum absolute atomic E-state index is 12.5. The van der Waals surface area contributed by atoms with Crippen molar-refractivity contribution in [3.8, 4) is 0 Å². The number of rotatable bonds is 75. The van der Waals surface area contributed by atoms with Gasteiger partial charge in [-0.1, -0.05) is 403 Å². The lowest BCUT2D eigenvalue weighted by Crippen LogP contribution is -2.45. The van der Waals surface area contributed by atoms with Crippen LogP contribution in [0.1, 0.15) is 444 Å². The molecule has 0 aromatic heterocycles. The number of carbonyl (C=O) groups is 2. The number of carbonyl (C=O) groups excluding carboxylic acids is 2. The molecule has 0 aromatic carbocycles. The zero-order valence-corrected chi connectivity index (χ0v) is 59.0. The van der Waals surface area contributed by atoms with E-state index in [9.17, 15) is 19.8 Å². The van der Waals surface area contributed by atoms with Gasteiger partial charge in [0.25, 0.3) is 0 Å². The number of aliphatic hydroxyl groups is 2. The summed E-state index contributed by atoms with van der Waals surface area (Å²) in [5.41, 5.74) is 0. The Morgan fingerprint density at radius 1 is 0.322 bits per heavy atom. The van der Waals surface area contributed by atoms with Crippen molar-refractivity contribution in [3.63, 3.8) is 0 Å². The smallest absolute Gasteiger partial charge is 0.305 e. The van der Waals surface area contributed by atoms with E-state index in [2.05, 4.69) is 43.5 Å². The van der Waals surface area contributed by atoms with Gasteiger partial charge < -0.3 is 20.3 Å². The van der Waals surface area contributed by atoms with Gasteiger partial charge in [0.1, 0.15) is 0 Å². The summed E-state index contributed by atoms with van der Waals surface area (Å²) in [5, 5.41) is 23.2. The van der Waals surface area contributed by atoms with Crippen LogP contribution in [0.3, 0.4) is 0 Å². The van der Waals surface area contributed by atoms with E-state index in [-0.39, 0.29) is 18.5 Å². The Labute approximate surface area is 544 Å². The van der Waals surface area contributed by atoms with Crippen molar-refractivity contribution >= 4 is 11.9 Å². The quantitative estimate of drug-likeness (QED) is 0.0320. The van der Waals surface area contributed by atoms with Gasteiger partial charge in [0, 0.05) is 12.8 Å². The number of ether oxygens (including phenoxy) is 1. The molecule has 0 heterocycles. The number of hydrogen-bond donors (Lipinski definition) is 3. The summed E-state index contributed by atoms with van der Waals surface area (Å²) in [6, 6.07) is -0.624. The van der Waals surface area contributed by atoms with Crippen LogP contribution in [0.15, 0.2) is 36.5 Å². The fourth-order valence-corrected chi connectivity index (χ4v) is 12.6. The molecule has 6 nitrogen and oxygen atoms in total. The van der Waals surface area contributed by atoms with Crippen LogP contribution < -0.4 is 5.32 Å². The highest BCUT2D eigenvalue weighted by Gasteiger charge is 2.18. The van der Waals surface area contributed by atoms with Gasteiger partial charge in [0.05, 0.1) is 25.4 Å². The standard InChI is InChI=1S/C81H155NO5/c1-3-5-7-9-11-13-15-17-19-21-42-45-49-53-57-61-65-69-73-79(84)78(77-83)82-80(85)74-70-66-62-58-54-50-46-43-39-37-35-33-31-29-27-25-23-22-24-26-28-30-32-34-36-38-40-44-48-52-56-60-64-68-72-76-87-81(86)75-71-67-63-59-55-51-47-41-20-18-16-14-12-10-8-6-4-2/h12,14,18,20,69,73,78-79,83-84H,3-11,13,15-17,19,21-68,70-72,74-77H2,1-2H3,(H,82,85)/b14-12-,20-18-,73-69+. The van der Waals surface area contributed by atoms with E-state index in [1.807, 2.05) is 6.08 Å². The van der Waals surface area contributed by atoms with Gasteiger partial charge in [-0.3, -0.25) is 9.59 Å². The molecule has 0 saturated carbocycles. The molecule has 0 bridgehead atoms. The number of hydrogen-bond acceptors (Lipinski definition) is 5. The molecule has 2 atom stereocenters. The van der Waals surface area contributed by atoms with Crippen molar-refractivity contribution < 1.29 is 24.5 Å². The first-order valence-electron chi connectivity index (χ1n) is 39.8. The van der Waals surface area contributed by atoms with E-state index in [4.69, 9.17) is 4.74 Å². The van der Waals surface area contributed by atoms with E-state index in [1.54, 1.807) is 6.08 Å². The van der Waals surface area contributed by atoms with Crippen molar-refractivity contribution in [2.75, 3.05) is 13.2 Å². The van der Waals surface area contributed by atoms with Crippen molar-refractivity contribution in [2.45, 2.75) is 456 Å². The van der Waals surface area contributed by atoms with Gasteiger partial charge in [-0.15, -0.1) is 0 Å². The van der Waals surface area contributed by atoms with Gasteiger partial charge in [-0.25, -0.2) is 0 Å². The first-order valence-corrected chi connectivity index (χ1v) is 39.8. The molecule has 1 amide bonds. The fourth-order valence-electron chi connectivity index (χ4n) is 12.6. The Hall–Kier alpha value is -1.92. The maximum Gasteiger partial charge on any atom is 0.305 e. The van der Waals surface area contributed by atoms with Crippen LogP contribution >= 0.6 is 0 Å². The number of allylic oxidation sites excluding steroid dienone is 5. The zero-order valence-electron chi connectivity index (χ0n) is 59.0. The van der Waals surface area contributed by atoms with E-state index in [1.165, 1.54) is 366 Å². The topological polar surface area (TPSA) is 95.9 Å². The second kappa shape index (κ2) is 76.5. The summed E-state index contributed by atoms with van der Waals surface area (Å²) in [6.07, 6.45) is 99.9. The number of aliphatic hydroxyl groups excluding tert-OH is 2. The van der Waals surface area contributed by atoms with Crippen LogP contribution in [0.4, 0.5) is 0 Å². The second-order valence-electron chi connectivity index (χ2n) is 27.4. The largest absolute Gasteiger partial charge is 0.466 e. The average molecular weight is 1220 g/mol. The highest BCUT2D eigenvalue weighted by Crippen LogP contribution is 2.20. The molecule has 0 rings (SSSR count). The predicted octanol–water partition coefficient (Wildman–Crippen LogP) is 26.2. The van der Waals surface area contributed by atoms with Crippen LogP contribution in [0.5, 0.6) is 0 Å². The Morgan fingerprint density at radius 2 is 0.575 bits per heavy atom. The highest BCUT2D eigenvalue weighted by atomic mass is 16.5. The van der Waals surface area contributed by atoms with Crippen molar-refractivity contribution in [3.05, 3.63) is 36.5 Å². The molecular formula is C81H155NO5. The molecule has 0 spiro atoms. The van der Waals surface area contributed by atoms with Gasteiger partial charge >= 0.3 is 5.97 Å². The van der Waals surface area contributed by atoms with Gasteiger partial charge in [0.2, 0.25) is 5.91 Å². The number of amides is 1. The third-order valence-corrected chi connectivity index (χ3v) is 18.7. The van der Waals surface area contributed by atoms with E-state index in [0.717, 1.165) is 51.4 Å². The van der Waals surface area contributed by atoms with Crippen molar-refractivity contribution in [1.82, 2.24) is 5.32 Å². The first-order chi connectivity index (χ1) is 43.0. The fraction of sp³-hybridized carbons (Fsp3) is 0.901. The zero-order chi connectivity index (χ0) is 62.8. The Balaban J connectivity index is 3.32. The van der Waals surface area contributed by atoms with Crippen LogP contribution in [0.2, 0.25) is 0 Å². The Bertz CT molecular complexity index is 1410. The molecule has 6 heteroatoms. The number of unbranched alkanes of at least 4 members (excludes halogenated alkanes) is 60. The highest BCUT2D eigenvalue weighted by molar-refractivity contribution is 5.76. The van der Waals surface area contributed by atoms with E-state index in [0.29, 0.717) is 19.4 Å². The lowest BCUT2D eigenvalue weighted by atomic mass is 10.0. The van der Waals surface area contributed by atoms with E-state index < -0.39 is 12.1 Å². The van der Waals surface area contributed by atoms with Gasteiger partial charge in [-0.05, 0) is 64.2 Å². The molecule has 2 unspecified atom stereocenters. The molecule has 0 aliphatic rings. The summed E-state index contributed by atoms with van der Waals surface area (Å²) in [7, 11) is 0. The average Bonchev–Trinajstić information content (AvgIpc) is 3.53. The van der Waals surface area contributed by atoms with Crippen LogP contribution in [0, 0.1) is 0 Å². The lowest BCUT2D eigenvalue weighted by molar-refractivity contribution is -0.143. The summed E-state index contributed by atoms with van der Waals surface area (Å²) < 4.78 is 5.51. The number of nitrogens with one attached hydrogen (secondary N) is 1. The first kappa shape index (κ1) is 85.1. The van der Waals surface area contributed by atoms with Crippen LogP contribution in [0.25, 0.3) is 0 Å². The summed E-state index contributed by atoms with van der Waals surface area (Å²) in [6.45, 7) is 4.92. The second-order valence-corrected chi connectivity index (χ2v) is 27.4. The predicted molar refractivity (Wildman–Crippen MR) is 384 cm³/mol. The monoisotopic (exact) mass is 1220 g/mol. The lowest BCUT2D eigenvalue weighted by Gasteiger charge is -2.20. The maximum atomic E-state index is 12.5. The summed E-state index contributed by atoms with van der Waals surface area (Å²) >= 11 is 0. The number of esters is 1. The molecule has 0 radical (unpaired) electrons. The molecule has 0 aliphatic heterocycles. The molecule has 0 saturated heterocycles. The molecule has 514 valence electrons. The van der Waals surface area contributed by atoms with Crippen molar-refractivity contribution in [1.29, 1.82) is 0 Å². The normalized spacial score (nSPS) is 12.6. The van der Waals surface area contributed by atoms with Gasteiger partial charge in [0.15, 0.2) is 0 Å². The Morgan fingerprint density at radius 3 is 0.897 bits per heavy atom. The van der Waals surface area contributed by atoms with Crippen LogP contribution in [-0.2, 0) is 14.3 Å². The Kier molecular flexibility index (Phi) is 74.8. The minimum absolute atomic E-state index is 0.0152. The SMILES string of the molecule is CCCCC/C=C\C/C=C\CCCCCCCCCC(=O)OCCCCCCCCCCCCCCCCCCCCCCCCCCCCCCCCCCCCCC(=O)NC(CO)C(O)/C=C/CCCCCCCCCCCCCCCCCC. The minimum atomic E-state index is -0.841. The molecule has 0 fully saturated rings. The summed E-state index contributed by atoms with van der Waals surface area (Å²) in [5.74, 6) is -0.0436. The van der Waals surface area contributed by atoms with E-state index >= 15 is 0 Å². The third-order valence-electron chi connectivity index (χ3n) is 18.7. The van der Waals surface area contributed by atoms with Crippen LogP contribution in [-0.4, -0.2) is 47.4 Å². The molecule has 0 aliphatic carbocycles. The summed E-state index contributed by atoms with van der Waals surface area (Å²) in [4.78, 5) is 24.6. The van der Waals surface area contributed by atoms with Gasteiger partial charge in [-0.2, -0.15) is 0 Å². The minimum Gasteiger partial charge on any atom is -0.466 e. The third kappa shape index (κ3) is 73.0. The molecule has 0 aromatic rings. The molecular weight excluding hydrogens is 1070 g/mol. The molecule has 87 heavy (non-hydrogen) atoms.